The molecule has 0 aliphatic heterocycles. The Morgan fingerprint density at radius 1 is 0.966 bits per heavy atom. The summed E-state index contributed by atoms with van der Waals surface area (Å²) >= 11 is 3.16. The zero-order valence-corrected chi connectivity index (χ0v) is 20.6. The fraction of sp³-hybridized carbons (Fsp3) is 0.316. The van der Waals surface area contributed by atoms with E-state index in [-0.39, 0.29) is 23.4 Å². The van der Waals surface area contributed by atoms with E-state index in [0.29, 0.717) is 17.9 Å². The van der Waals surface area contributed by atoms with Crippen LogP contribution in [0.2, 0.25) is 0 Å². The van der Waals surface area contributed by atoms with Gasteiger partial charge in [0.1, 0.15) is 11.5 Å². The molecule has 29 heavy (non-hydrogen) atoms. The van der Waals surface area contributed by atoms with Crippen LogP contribution in [0, 0.1) is 0 Å². The largest absolute Gasteiger partial charge is 0.471 e. The van der Waals surface area contributed by atoms with Gasteiger partial charge in [0, 0.05) is 9.79 Å². The summed E-state index contributed by atoms with van der Waals surface area (Å²) in [7, 11) is -3.93. The van der Waals surface area contributed by atoms with Gasteiger partial charge in [-0.3, -0.25) is 0 Å². The van der Waals surface area contributed by atoms with Gasteiger partial charge in [0.05, 0.1) is 0 Å². The van der Waals surface area contributed by atoms with Crippen molar-refractivity contribution in [2.45, 2.75) is 35.4 Å². The molecular weight excluding hydrogens is 497 g/mol. The van der Waals surface area contributed by atoms with Gasteiger partial charge in [-0.2, -0.15) is 0 Å². The van der Waals surface area contributed by atoms with Crippen LogP contribution in [-0.2, 0) is 9.30 Å². The molecule has 2 aromatic carbocycles. The van der Waals surface area contributed by atoms with Gasteiger partial charge >= 0.3 is 13.7 Å². The molecule has 0 fully saturated rings. The Bertz CT molecular complexity index is 767. The van der Waals surface area contributed by atoms with E-state index in [0.717, 1.165) is 9.79 Å². The second kappa shape index (κ2) is 12.4. The highest BCUT2D eigenvalue weighted by atomic mass is 79.9. The Balaban J connectivity index is 0.00000420. The fourth-order valence-corrected chi connectivity index (χ4v) is 5.09. The third-order valence-electron chi connectivity index (χ3n) is 3.72. The van der Waals surface area contributed by atoms with E-state index in [1.54, 1.807) is 47.8 Å². The van der Waals surface area contributed by atoms with Gasteiger partial charge in [0.2, 0.25) is 5.85 Å². The molecule has 0 saturated carbocycles. The number of benzene rings is 2. The number of nitrogens with two attached hydrogens (primary N) is 1. The van der Waals surface area contributed by atoms with E-state index < -0.39 is 19.5 Å². The van der Waals surface area contributed by atoms with Crippen LogP contribution in [0.25, 0.3) is 0 Å². The van der Waals surface area contributed by atoms with Crippen molar-refractivity contribution in [3.8, 4) is 11.5 Å². The minimum absolute atomic E-state index is 0. The van der Waals surface area contributed by atoms with Crippen molar-refractivity contribution in [1.82, 2.24) is 0 Å². The van der Waals surface area contributed by atoms with Gasteiger partial charge in [0.25, 0.3) is 0 Å². The molecule has 0 heterocycles. The minimum atomic E-state index is -3.93. The lowest BCUT2D eigenvalue weighted by Crippen LogP contribution is -2.26. The highest BCUT2D eigenvalue weighted by Crippen LogP contribution is 2.54. The zero-order chi connectivity index (χ0) is 20.6. The van der Waals surface area contributed by atoms with Crippen molar-refractivity contribution >= 4 is 54.2 Å². The first-order valence-electron chi connectivity index (χ1n) is 8.63. The first-order chi connectivity index (χ1) is 13.4. The standard InChI is InChI=1S/C19H24NO5PS2.BrH/c1-4-5-18(23-19(20)21)26(22,24-14-6-10-16(27-2)11-7-14)25-15-8-12-17(28-3)13-9-15;/h6-13,18H,4-5H2,1-3H3,(H2,20,21);1H. The normalized spacial score (nSPS) is 11.8. The van der Waals surface area contributed by atoms with E-state index in [1.807, 2.05) is 43.7 Å². The molecule has 0 aliphatic carbocycles. The van der Waals surface area contributed by atoms with Crippen molar-refractivity contribution in [2.24, 2.45) is 5.73 Å². The molecule has 0 spiro atoms. The monoisotopic (exact) mass is 521 g/mol. The second-order valence-electron chi connectivity index (χ2n) is 5.75. The third kappa shape index (κ3) is 7.81. The molecule has 10 heteroatoms. The Labute approximate surface area is 190 Å². The number of primary amides is 1. The van der Waals surface area contributed by atoms with Gasteiger partial charge in [-0.25, -0.2) is 9.36 Å². The molecule has 0 aromatic heterocycles. The first-order valence-corrected chi connectivity index (χ1v) is 12.7. The summed E-state index contributed by atoms with van der Waals surface area (Å²) < 4.78 is 30.3. The Kier molecular flexibility index (Phi) is 11.0. The van der Waals surface area contributed by atoms with Crippen LogP contribution in [-0.4, -0.2) is 24.4 Å². The molecule has 6 nitrogen and oxygen atoms in total. The molecular formula is C19H25BrNO5PS2. The van der Waals surface area contributed by atoms with Gasteiger partial charge in [0.15, 0.2) is 0 Å². The van der Waals surface area contributed by atoms with Crippen molar-refractivity contribution in [3.63, 3.8) is 0 Å². The maximum Gasteiger partial charge on any atom is 0.471 e. The highest BCUT2D eigenvalue weighted by Gasteiger charge is 2.42. The van der Waals surface area contributed by atoms with E-state index in [9.17, 15) is 9.36 Å². The molecule has 0 aliphatic rings. The molecule has 160 valence electrons. The van der Waals surface area contributed by atoms with E-state index in [4.69, 9.17) is 19.5 Å². The predicted octanol–water partition coefficient (Wildman–Crippen LogP) is 6.58. The van der Waals surface area contributed by atoms with Gasteiger partial charge < -0.3 is 19.5 Å². The molecule has 0 radical (unpaired) electrons. The molecule has 2 aromatic rings. The minimum Gasteiger partial charge on any atom is -0.431 e. The Morgan fingerprint density at radius 2 is 1.38 bits per heavy atom. The van der Waals surface area contributed by atoms with Crippen LogP contribution in [0.1, 0.15) is 19.8 Å². The second-order valence-corrected chi connectivity index (χ2v) is 9.53. The van der Waals surface area contributed by atoms with Gasteiger partial charge in [-0.05, 0) is 67.5 Å². The lowest BCUT2D eigenvalue weighted by atomic mass is 10.3. The summed E-state index contributed by atoms with van der Waals surface area (Å²) in [4.78, 5) is 13.4. The maximum atomic E-state index is 13.7. The maximum absolute atomic E-state index is 13.7. The fourth-order valence-electron chi connectivity index (χ4n) is 2.37. The van der Waals surface area contributed by atoms with Crippen LogP contribution in [0.3, 0.4) is 0 Å². The third-order valence-corrected chi connectivity index (χ3v) is 7.21. The zero-order valence-electron chi connectivity index (χ0n) is 16.4. The smallest absolute Gasteiger partial charge is 0.431 e. The summed E-state index contributed by atoms with van der Waals surface area (Å²) in [6, 6.07) is 14.2. The van der Waals surface area contributed by atoms with Crippen molar-refractivity contribution < 1.29 is 23.1 Å². The number of carbonyl (C=O) groups excluding carboxylic acids is 1. The summed E-state index contributed by atoms with van der Waals surface area (Å²) in [6.45, 7) is 1.88. The van der Waals surface area contributed by atoms with Crippen molar-refractivity contribution in [1.29, 1.82) is 0 Å². The van der Waals surface area contributed by atoms with E-state index >= 15 is 0 Å². The summed E-state index contributed by atoms with van der Waals surface area (Å²) in [5, 5.41) is 0. The van der Waals surface area contributed by atoms with Crippen LogP contribution in [0.4, 0.5) is 4.79 Å². The molecule has 1 atom stereocenters. The topological polar surface area (TPSA) is 87.9 Å². The van der Waals surface area contributed by atoms with Gasteiger partial charge in [-0.1, -0.05) is 13.3 Å². The molecule has 0 saturated heterocycles. The van der Waals surface area contributed by atoms with Gasteiger partial charge in [-0.15, -0.1) is 40.5 Å². The summed E-state index contributed by atoms with van der Waals surface area (Å²) in [6.07, 6.45) is 3.78. The van der Waals surface area contributed by atoms with E-state index in [2.05, 4.69) is 0 Å². The van der Waals surface area contributed by atoms with Crippen molar-refractivity contribution in [3.05, 3.63) is 48.5 Å². The summed E-state index contributed by atoms with van der Waals surface area (Å²) in [5.74, 6) is -0.400. The van der Waals surface area contributed by atoms with Crippen LogP contribution >= 0.6 is 48.1 Å². The highest BCUT2D eigenvalue weighted by molar-refractivity contribution is 8.93. The number of hydrogen-bond donors (Lipinski definition) is 1. The quantitative estimate of drug-likeness (QED) is 0.279. The SMILES string of the molecule is Br.CCCC(OC(N)=O)P(=O)(Oc1ccc(SC)cc1)Oc1ccc(SC)cc1. The molecule has 0 bridgehead atoms. The molecule has 2 rings (SSSR count). The van der Waals surface area contributed by atoms with Crippen LogP contribution in [0.5, 0.6) is 11.5 Å². The number of carbonyl (C=O) groups is 1. The number of hydrogen-bond acceptors (Lipinski definition) is 7. The van der Waals surface area contributed by atoms with E-state index in [1.165, 1.54) is 0 Å². The van der Waals surface area contributed by atoms with Crippen LogP contribution < -0.4 is 14.8 Å². The Morgan fingerprint density at radius 3 is 1.69 bits per heavy atom. The lowest BCUT2D eigenvalue weighted by Gasteiger charge is -2.26. The lowest BCUT2D eigenvalue weighted by molar-refractivity contribution is 0.124. The number of amides is 1. The average molecular weight is 522 g/mol. The number of thioether (sulfide) groups is 2. The number of halogens is 1. The molecule has 1 amide bonds. The molecule has 1 unspecified atom stereocenters. The van der Waals surface area contributed by atoms with Crippen molar-refractivity contribution in [2.75, 3.05) is 12.5 Å². The average Bonchev–Trinajstić information content (AvgIpc) is 2.68. The summed E-state index contributed by atoms with van der Waals surface area (Å²) in [5.41, 5.74) is 5.18. The molecule has 2 N–H and O–H groups in total. The predicted molar refractivity (Wildman–Crippen MR) is 125 cm³/mol. The Hall–Kier alpha value is -1.28. The number of rotatable bonds is 10. The van der Waals surface area contributed by atoms with Crippen LogP contribution in [0.15, 0.2) is 58.3 Å². The number of ether oxygens (including phenoxy) is 1. The first kappa shape index (κ1) is 25.8.